The molecular formula is C13H17NO2. The van der Waals surface area contributed by atoms with Crippen molar-refractivity contribution < 1.29 is 9.53 Å². The van der Waals surface area contributed by atoms with Crippen LogP contribution in [0.5, 0.6) is 0 Å². The molecule has 3 heteroatoms. The van der Waals surface area contributed by atoms with Gasteiger partial charge in [-0.15, -0.1) is 0 Å². The van der Waals surface area contributed by atoms with Crippen molar-refractivity contribution in [1.29, 1.82) is 0 Å². The molecule has 0 unspecified atom stereocenters. The van der Waals surface area contributed by atoms with Gasteiger partial charge in [0.1, 0.15) is 5.54 Å². The van der Waals surface area contributed by atoms with Crippen LogP contribution in [-0.4, -0.2) is 30.1 Å². The number of carbonyl (C=O) groups excluding carboxylic acids is 1. The number of methoxy groups -OCH3 is 1. The Labute approximate surface area is 96.0 Å². The third-order valence-corrected chi connectivity index (χ3v) is 3.41. The average Bonchev–Trinajstić information content (AvgIpc) is 2.34. The van der Waals surface area contributed by atoms with E-state index in [1.54, 1.807) is 0 Å². The second kappa shape index (κ2) is 4.26. The monoisotopic (exact) mass is 219 g/mol. The number of benzene rings is 1. The van der Waals surface area contributed by atoms with E-state index in [9.17, 15) is 4.79 Å². The van der Waals surface area contributed by atoms with Crippen molar-refractivity contribution in [3.05, 3.63) is 35.9 Å². The van der Waals surface area contributed by atoms with Gasteiger partial charge in [0.15, 0.2) is 0 Å². The van der Waals surface area contributed by atoms with Crippen molar-refractivity contribution in [2.24, 2.45) is 0 Å². The van der Waals surface area contributed by atoms with Crippen LogP contribution in [0.2, 0.25) is 0 Å². The number of nitrogens with zero attached hydrogens (tertiary/aromatic N) is 1. The summed E-state index contributed by atoms with van der Waals surface area (Å²) in [6.45, 7) is 3.72. The van der Waals surface area contributed by atoms with Gasteiger partial charge in [-0.05, 0) is 18.9 Å². The molecule has 1 aliphatic rings. The van der Waals surface area contributed by atoms with Crippen LogP contribution >= 0.6 is 0 Å². The molecule has 0 aromatic heterocycles. The Hall–Kier alpha value is -1.35. The lowest BCUT2D eigenvalue weighted by Crippen LogP contribution is -2.62. The van der Waals surface area contributed by atoms with Crippen LogP contribution in [0.1, 0.15) is 18.9 Å². The fourth-order valence-corrected chi connectivity index (χ4v) is 2.11. The molecule has 1 aromatic rings. The Bertz CT molecular complexity index is 377. The molecule has 86 valence electrons. The summed E-state index contributed by atoms with van der Waals surface area (Å²) in [5, 5.41) is 0. The summed E-state index contributed by atoms with van der Waals surface area (Å²) in [5.74, 6) is -0.130. The zero-order valence-corrected chi connectivity index (χ0v) is 9.77. The molecule has 0 N–H and O–H groups in total. The molecule has 0 bridgehead atoms. The van der Waals surface area contributed by atoms with Gasteiger partial charge in [0.25, 0.3) is 0 Å². The molecule has 0 spiro atoms. The first kappa shape index (κ1) is 11.1. The van der Waals surface area contributed by atoms with Crippen LogP contribution in [0.3, 0.4) is 0 Å². The number of likely N-dealkylation sites (tertiary alicyclic amines) is 1. The van der Waals surface area contributed by atoms with Gasteiger partial charge in [0.05, 0.1) is 7.11 Å². The predicted molar refractivity (Wildman–Crippen MR) is 61.9 cm³/mol. The van der Waals surface area contributed by atoms with Gasteiger partial charge in [-0.1, -0.05) is 30.3 Å². The summed E-state index contributed by atoms with van der Waals surface area (Å²) in [5.41, 5.74) is 0.808. The molecular weight excluding hydrogens is 202 g/mol. The largest absolute Gasteiger partial charge is 0.468 e. The Morgan fingerprint density at radius 3 is 2.62 bits per heavy atom. The van der Waals surface area contributed by atoms with Crippen molar-refractivity contribution in [1.82, 2.24) is 4.90 Å². The lowest BCUT2D eigenvalue weighted by molar-refractivity contribution is -0.164. The minimum Gasteiger partial charge on any atom is -0.468 e. The fourth-order valence-electron chi connectivity index (χ4n) is 2.11. The molecule has 16 heavy (non-hydrogen) atoms. The van der Waals surface area contributed by atoms with E-state index in [2.05, 4.69) is 17.0 Å². The Morgan fingerprint density at radius 2 is 2.12 bits per heavy atom. The molecule has 3 nitrogen and oxygen atoms in total. The van der Waals surface area contributed by atoms with Gasteiger partial charge in [-0.2, -0.15) is 0 Å². The van der Waals surface area contributed by atoms with Crippen LogP contribution in [0.4, 0.5) is 0 Å². The molecule has 1 saturated heterocycles. The Morgan fingerprint density at radius 1 is 1.44 bits per heavy atom. The Balaban J connectivity index is 2.05. The van der Waals surface area contributed by atoms with Crippen molar-refractivity contribution in [2.75, 3.05) is 13.7 Å². The van der Waals surface area contributed by atoms with Crippen molar-refractivity contribution in [3.63, 3.8) is 0 Å². The molecule has 1 fully saturated rings. The number of carbonyl (C=O) groups is 1. The maximum absolute atomic E-state index is 11.7. The fraction of sp³-hybridized carbons (Fsp3) is 0.462. The second-order valence-electron chi connectivity index (χ2n) is 4.42. The number of rotatable bonds is 3. The van der Waals surface area contributed by atoms with Gasteiger partial charge in [0, 0.05) is 13.1 Å². The van der Waals surface area contributed by atoms with Crippen LogP contribution in [0, 0.1) is 0 Å². The summed E-state index contributed by atoms with van der Waals surface area (Å²) in [6, 6.07) is 10.2. The molecule has 0 amide bonds. The Kier molecular flexibility index (Phi) is 2.97. The number of esters is 1. The van der Waals surface area contributed by atoms with Crippen LogP contribution in [0.25, 0.3) is 0 Å². The first-order valence-electron chi connectivity index (χ1n) is 5.54. The van der Waals surface area contributed by atoms with E-state index in [-0.39, 0.29) is 5.97 Å². The second-order valence-corrected chi connectivity index (χ2v) is 4.42. The maximum Gasteiger partial charge on any atom is 0.326 e. The summed E-state index contributed by atoms with van der Waals surface area (Å²) >= 11 is 0. The van der Waals surface area contributed by atoms with Gasteiger partial charge >= 0.3 is 5.97 Å². The van der Waals surface area contributed by atoms with Gasteiger partial charge in [0.2, 0.25) is 0 Å². The quantitative estimate of drug-likeness (QED) is 0.726. The summed E-state index contributed by atoms with van der Waals surface area (Å²) in [7, 11) is 1.45. The van der Waals surface area contributed by atoms with Crippen molar-refractivity contribution >= 4 is 5.97 Å². The first-order chi connectivity index (χ1) is 7.66. The lowest BCUT2D eigenvalue weighted by atomic mass is 9.86. The molecule has 0 radical (unpaired) electrons. The van der Waals surface area contributed by atoms with Crippen molar-refractivity contribution in [3.8, 4) is 0 Å². The number of hydrogen-bond donors (Lipinski definition) is 0. The van der Waals surface area contributed by atoms with Crippen LogP contribution < -0.4 is 0 Å². The zero-order valence-electron chi connectivity index (χ0n) is 9.77. The third-order valence-electron chi connectivity index (χ3n) is 3.41. The minimum absolute atomic E-state index is 0.130. The van der Waals surface area contributed by atoms with Crippen LogP contribution in [0.15, 0.2) is 30.3 Å². The molecule has 0 aliphatic carbocycles. The van der Waals surface area contributed by atoms with E-state index in [4.69, 9.17) is 4.74 Å². The van der Waals surface area contributed by atoms with Gasteiger partial charge < -0.3 is 4.74 Å². The number of hydrogen-bond acceptors (Lipinski definition) is 3. The standard InChI is InChI=1S/C13H17NO2/c1-13(12(15)16-2)8-9-14(13)10-11-6-4-3-5-7-11/h3-7H,8-10H2,1-2H3/t13-/m1/s1. The summed E-state index contributed by atoms with van der Waals surface area (Å²) in [4.78, 5) is 13.8. The number of ether oxygens (including phenoxy) is 1. The van der Waals surface area contributed by atoms with Crippen LogP contribution in [-0.2, 0) is 16.1 Å². The molecule has 0 saturated carbocycles. The average molecular weight is 219 g/mol. The van der Waals surface area contributed by atoms with E-state index in [0.29, 0.717) is 0 Å². The van der Waals surface area contributed by atoms with E-state index in [1.807, 2.05) is 25.1 Å². The van der Waals surface area contributed by atoms with E-state index in [1.165, 1.54) is 12.7 Å². The highest BCUT2D eigenvalue weighted by Gasteiger charge is 2.47. The SMILES string of the molecule is COC(=O)[C@@]1(C)CCN1Cc1ccccc1. The molecule has 2 rings (SSSR count). The first-order valence-corrected chi connectivity index (χ1v) is 5.54. The highest BCUT2D eigenvalue weighted by Crippen LogP contribution is 2.32. The topological polar surface area (TPSA) is 29.5 Å². The molecule has 1 aromatic carbocycles. The van der Waals surface area contributed by atoms with E-state index < -0.39 is 5.54 Å². The van der Waals surface area contributed by atoms with Gasteiger partial charge in [-0.3, -0.25) is 9.69 Å². The zero-order chi connectivity index (χ0) is 11.6. The minimum atomic E-state index is -0.426. The highest BCUT2D eigenvalue weighted by atomic mass is 16.5. The summed E-state index contributed by atoms with van der Waals surface area (Å²) < 4.78 is 4.84. The molecule has 1 atom stereocenters. The summed E-state index contributed by atoms with van der Waals surface area (Å²) in [6.07, 6.45) is 0.881. The van der Waals surface area contributed by atoms with Crippen molar-refractivity contribution in [2.45, 2.75) is 25.4 Å². The van der Waals surface area contributed by atoms with Gasteiger partial charge in [-0.25, -0.2) is 0 Å². The lowest BCUT2D eigenvalue weighted by Gasteiger charge is -2.48. The third kappa shape index (κ3) is 1.83. The maximum atomic E-state index is 11.7. The molecule has 1 aliphatic heterocycles. The predicted octanol–water partition coefficient (Wildman–Crippen LogP) is 1.82. The molecule has 1 heterocycles. The normalized spacial score (nSPS) is 24.9. The van der Waals surface area contributed by atoms with E-state index in [0.717, 1.165) is 19.5 Å². The van der Waals surface area contributed by atoms with E-state index >= 15 is 0 Å². The highest BCUT2D eigenvalue weighted by molar-refractivity contribution is 5.81. The smallest absolute Gasteiger partial charge is 0.326 e.